The van der Waals surface area contributed by atoms with Crippen LogP contribution in [0.25, 0.3) is 0 Å². The molecule has 0 radical (unpaired) electrons. The minimum atomic E-state index is 0.480. The maximum absolute atomic E-state index is 3.60. The lowest BCUT2D eigenvalue weighted by Gasteiger charge is -2.32. The van der Waals surface area contributed by atoms with E-state index in [-0.39, 0.29) is 0 Å². The van der Waals surface area contributed by atoms with Crippen LogP contribution < -0.4 is 10.6 Å². The molecule has 0 atom stereocenters. The summed E-state index contributed by atoms with van der Waals surface area (Å²) in [5.74, 6) is 0.943. The van der Waals surface area contributed by atoms with Crippen molar-refractivity contribution in [1.29, 1.82) is 0 Å². The van der Waals surface area contributed by atoms with E-state index in [1.165, 1.54) is 25.7 Å². The molecule has 96 valence electrons. The zero-order valence-electron chi connectivity index (χ0n) is 11.6. The lowest BCUT2D eigenvalue weighted by Crippen LogP contribution is -2.38. The van der Waals surface area contributed by atoms with Gasteiger partial charge in [-0.05, 0) is 24.2 Å². The highest BCUT2D eigenvalue weighted by Gasteiger charge is 2.31. The first-order chi connectivity index (χ1) is 7.52. The van der Waals surface area contributed by atoms with Gasteiger partial charge >= 0.3 is 0 Å². The second-order valence-electron chi connectivity index (χ2n) is 6.26. The number of rotatable bonds is 7. The van der Waals surface area contributed by atoms with E-state index < -0.39 is 0 Å². The lowest BCUT2D eigenvalue weighted by atomic mass is 9.78. The fraction of sp³-hybridized carbons (Fsp3) is 1.00. The van der Waals surface area contributed by atoms with Crippen molar-refractivity contribution in [3.05, 3.63) is 0 Å². The predicted octanol–water partition coefficient (Wildman–Crippen LogP) is 2.79. The van der Waals surface area contributed by atoms with Gasteiger partial charge in [-0.1, -0.05) is 40.5 Å². The average Bonchev–Trinajstić information content (AvgIpc) is 2.69. The zero-order chi connectivity index (χ0) is 12.0. The van der Waals surface area contributed by atoms with Gasteiger partial charge < -0.3 is 10.6 Å². The van der Waals surface area contributed by atoms with Crippen molar-refractivity contribution in [2.24, 2.45) is 11.3 Å². The summed E-state index contributed by atoms with van der Waals surface area (Å²) in [5.41, 5.74) is 0.480. The van der Waals surface area contributed by atoms with Crippen LogP contribution in [0.15, 0.2) is 0 Å². The minimum Gasteiger partial charge on any atom is -0.315 e. The Morgan fingerprint density at radius 1 is 1.12 bits per heavy atom. The Balaban J connectivity index is 2.10. The molecule has 1 saturated carbocycles. The first-order valence-electron chi connectivity index (χ1n) is 6.96. The molecule has 0 aliphatic heterocycles. The molecule has 0 unspecified atom stereocenters. The molecule has 0 aromatic rings. The van der Waals surface area contributed by atoms with Gasteiger partial charge in [0.05, 0.1) is 0 Å². The van der Waals surface area contributed by atoms with Crippen LogP contribution in [0.3, 0.4) is 0 Å². The number of nitrogens with one attached hydrogen (secondary N) is 2. The van der Waals surface area contributed by atoms with E-state index in [0.717, 1.165) is 25.6 Å². The predicted molar refractivity (Wildman–Crippen MR) is 71.7 cm³/mol. The van der Waals surface area contributed by atoms with E-state index in [1.54, 1.807) is 0 Å². The van der Waals surface area contributed by atoms with Gasteiger partial charge in [-0.2, -0.15) is 0 Å². The molecular weight excluding hydrogens is 196 g/mol. The molecule has 0 aromatic carbocycles. The van der Waals surface area contributed by atoms with Crippen molar-refractivity contribution in [3.8, 4) is 0 Å². The maximum Gasteiger partial charge on any atom is 0.00790 e. The Morgan fingerprint density at radius 3 is 2.31 bits per heavy atom. The molecule has 16 heavy (non-hydrogen) atoms. The zero-order valence-corrected chi connectivity index (χ0v) is 11.6. The van der Waals surface area contributed by atoms with Crippen LogP contribution in [0.1, 0.15) is 53.4 Å². The smallest absolute Gasteiger partial charge is 0.00790 e. The third kappa shape index (κ3) is 4.84. The third-order valence-corrected chi connectivity index (χ3v) is 3.90. The Hall–Kier alpha value is -0.0800. The summed E-state index contributed by atoms with van der Waals surface area (Å²) >= 11 is 0. The molecular formula is C14H30N2. The Morgan fingerprint density at radius 2 is 1.75 bits per heavy atom. The molecule has 0 spiro atoms. The quantitative estimate of drug-likeness (QED) is 0.652. The summed E-state index contributed by atoms with van der Waals surface area (Å²) < 4.78 is 0. The third-order valence-electron chi connectivity index (χ3n) is 3.90. The van der Waals surface area contributed by atoms with Crippen molar-refractivity contribution in [1.82, 2.24) is 10.6 Å². The summed E-state index contributed by atoms with van der Waals surface area (Å²) in [5, 5.41) is 7.03. The second-order valence-corrected chi connectivity index (χ2v) is 6.26. The Kier molecular flexibility index (Phi) is 5.77. The molecule has 1 fully saturated rings. The monoisotopic (exact) mass is 226 g/mol. The van der Waals surface area contributed by atoms with Crippen molar-refractivity contribution in [2.45, 2.75) is 59.4 Å². The SMILES string of the molecule is CC(C)NCCNCC(C)(C)C1CCCC1. The van der Waals surface area contributed by atoms with E-state index >= 15 is 0 Å². The number of hydrogen-bond donors (Lipinski definition) is 2. The van der Waals surface area contributed by atoms with E-state index in [1.807, 2.05) is 0 Å². The molecule has 1 aliphatic carbocycles. The highest BCUT2D eigenvalue weighted by atomic mass is 15.0. The van der Waals surface area contributed by atoms with Gasteiger partial charge in [0.15, 0.2) is 0 Å². The van der Waals surface area contributed by atoms with Crippen LogP contribution >= 0.6 is 0 Å². The lowest BCUT2D eigenvalue weighted by molar-refractivity contribution is 0.208. The first kappa shape index (κ1) is 14.0. The molecule has 0 heterocycles. The van der Waals surface area contributed by atoms with Crippen molar-refractivity contribution >= 4 is 0 Å². The molecule has 0 bridgehead atoms. The van der Waals surface area contributed by atoms with Gasteiger partial charge in [0.1, 0.15) is 0 Å². The second kappa shape index (κ2) is 6.61. The standard InChI is InChI=1S/C14H30N2/c1-12(2)16-10-9-15-11-14(3,4)13-7-5-6-8-13/h12-13,15-16H,5-11H2,1-4H3. The van der Waals surface area contributed by atoms with Gasteiger partial charge in [0.25, 0.3) is 0 Å². The maximum atomic E-state index is 3.60. The fourth-order valence-corrected chi connectivity index (χ4v) is 2.71. The van der Waals surface area contributed by atoms with E-state index in [2.05, 4.69) is 38.3 Å². The van der Waals surface area contributed by atoms with Crippen LogP contribution in [0, 0.1) is 11.3 Å². The van der Waals surface area contributed by atoms with E-state index in [9.17, 15) is 0 Å². The topological polar surface area (TPSA) is 24.1 Å². The van der Waals surface area contributed by atoms with Gasteiger partial charge in [0.2, 0.25) is 0 Å². The van der Waals surface area contributed by atoms with E-state index in [0.29, 0.717) is 11.5 Å². The Labute approximate surface area is 102 Å². The molecule has 2 nitrogen and oxygen atoms in total. The van der Waals surface area contributed by atoms with Gasteiger partial charge in [0, 0.05) is 25.7 Å². The summed E-state index contributed by atoms with van der Waals surface area (Å²) in [6.07, 6.45) is 5.78. The first-order valence-corrected chi connectivity index (χ1v) is 6.96. The summed E-state index contributed by atoms with van der Waals surface area (Å²) in [6.45, 7) is 12.6. The van der Waals surface area contributed by atoms with Crippen molar-refractivity contribution in [3.63, 3.8) is 0 Å². The van der Waals surface area contributed by atoms with E-state index in [4.69, 9.17) is 0 Å². The average molecular weight is 226 g/mol. The summed E-state index contributed by atoms with van der Waals surface area (Å²) in [4.78, 5) is 0. The van der Waals surface area contributed by atoms with Crippen LogP contribution in [0.4, 0.5) is 0 Å². The summed E-state index contributed by atoms with van der Waals surface area (Å²) in [7, 11) is 0. The number of hydrogen-bond acceptors (Lipinski definition) is 2. The fourth-order valence-electron chi connectivity index (χ4n) is 2.71. The van der Waals surface area contributed by atoms with Crippen molar-refractivity contribution < 1.29 is 0 Å². The normalized spacial score (nSPS) is 18.6. The molecule has 1 aliphatic rings. The van der Waals surface area contributed by atoms with Crippen molar-refractivity contribution in [2.75, 3.05) is 19.6 Å². The van der Waals surface area contributed by atoms with Crippen LogP contribution in [0.2, 0.25) is 0 Å². The largest absolute Gasteiger partial charge is 0.315 e. The summed E-state index contributed by atoms with van der Waals surface area (Å²) in [6, 6.07) is 0.602. The minimum absolute atomic E-state index is 0.480. The van der Waals surface area contributed by atoms with Crippen LogP contribution in [-0.2, 0) is 0 Å². The Bertz CT molecular complexity index is 181. The molecule has 0 aromatic heterocycles. The van der Waals surface area contributed by atoms with Gasteiger partial charge in [-0.25, -0.2) is 0 Å². The van der Waals surface area contributed by atoms with Crippen LogP contribution in [0.5, 0.6) is 0 Å². The molecule has 0 saturated heterocycles. The molecule has 2 heteroatoms. The highest BCUT2D eigenvalue weighted by molar-refractivity contribution is 4.83. The molecule has 1 rings (SSSR count). The molecule has 0 amide bonds. The van der Waals surface area contributed by atoms with Crippen LogP contribution in [-0.4, -0.2) is 25.7 Å². The highest BCUT2D eigenvalue weighted by Crippen LogP contribution is 2.38. The van der Waals surface area contributed by atoms with Gasteiger partial charge in [-0.3, -0.25) is 0 Å². The molecule has 2 N–H and O–H groups in total. The van der Waals surface area contributed by atoms with Gasteiger partial charge in [-0.15, -0.1) is 0 Å².